The summed E-state index contributed by atoms with van der Waals surface area (Å²) in [5.74, 6) is 0.0668. The fourth-order valence-electron chi connectivity index (χ4n) is 3.15. The molecule has 1 heterocycles. The van der Waals surface area contributed by atoms with Crippen LogP contribution in [0.1, 0.15) is 61.9 Å². The molecule has 1 amide bonds. The Bertz CT molecular complexity index is 502. The standard InChI is InChI=1S/C19H29NO3/c1-19(2,23)12-10-15-6-8-16(9-7-15)18(22)20-13-4-3-5-17(20)11-14-21/h6-9,17,21,23H,3-5,10-14H2,1-2H3. The van der Waals surface area contributed by atoms with Crippen molar-refractivity contribution in [3.8, 4) is 0 Å². The van der Waals surface area contributed by atoms with Gasteiger partial charge in [0.2, 0.25) is 0 Å². The fraction of sp³-hybridized carbons (Fsp3) is 0.632. The maximum Gasteiger partial charge on any atom is 0.254 e. The normalized spacial score (nSPS) is 19.0. The summed E-state index contributed by atoms with van der Waals surface area (Å²) in [4.78, 5) is 14.6. The Kier molecular flexibility index (Phi) is 6.19. The van der Waals surface area contributed by atoms with Gasteiger partial charge in [0.1, 0.15) is 0 Å². The number of hydrogen-bond donors (Lipinski definition) is 2. The molecule has 1 unspecified atom stereocenters. The Labute approximate surface area is 139 Å². The van der Waals surface area contributed by atoms with Crippen LogP contribution in [-0.4, -0.2) is 45.8 Å². The van der Waals surface area contributed by atoms with Crippen LogP contribution in [0, 0.1) is 0 Å². The Balaban J connectivity index is 2.01. The monoisotopic (exact) mass is 319 g/mol. The summed E-state index contributed by atoms with van der Waals surface area (Å²) in [5, 5.41) is 19.0. The van der Waals surface area contributed by atoms with Gasteiger partial charge in [0.05, 0.1) is 5.60 Å². The van der Waals surface area contributed by atoms with Crippen molar-refractivity contribution in [1.29, 1.82) is 0 Å². The number of likely N-dealkylation sites (tertiary alicyclic amines) is 1. The van der Waals surface area contributed by atoms with E-state index in [1.165, 1.54) is 0 Å². The van der Waals surface area contributed by atoms with Gasteiger partial charge in [0, 0.05) is 24.8 Å². The van der Waals surface area contributed by atoms with Gasteiger partial charge in [0.15, 0.2) is 0 Å². The minimum atomic E-state index is -0.667. The van der Waals surface area contributed by atoms with E-state index in [1.807, 2.05) is 43.0 Å². The van der Waals surface area contributed by atoms with Crippen molar-refractivity contribution in [1.82, 2.24) is 4.90 Å². The number of piperidine rings is 1. The van der Waals surface area contributed by atoms with Crippen molar-refractivity contribution in [3.63, 3.8) is 0 Å². The summed E-state index contributed by atoms with van der Waals surface area (Å²) in [6.07, 6.45) is 5.31. The molecule has 1 aliphatic heterocycles. The molecule has 1 fully saturated rings. The number of carbonyl (C=O) groups excluding carboxylic acids is 1. The Morgan fingerprint density at radius 3 is 2.57 bits per heavy atom. The van der Waals surface area contributed by atoms with E-state index in [4.69, 9.17) is 0 Å². The van der Waals surface area contributed by atoms with Gasteiger partial charge in [-0.3, -0.25) is 4.79 Å². The quantitative estimate of drug-likeness (QED) is 0.847. The number of aliphatic hydroxyl groups is 2. The van der Waals surface area contributed by atoms with Gasteiger partial charge in [-0.05, 0) is 70.1 Å². The Morgan fingerprint density at radius 1 is 1.26 bits per heavy atom. The van der Waals surface area contributed by atoms with Gasteiger partial charge in [-0.1, -0.05) is 12.1 Å². The van der Waals surface area contributed by atoms with Gasteiger partial charge in [-0.2, -0.15) is 0 Å². The van der Waals surface area contributed by atoms with Crippen molar-refractivity contribution < 1.29 is 15.0 Å². The summed E-state index contributed by atoms with van der Waals surface area (Å²) in [6, 6.07) is 7.88. The Hall–Kier alpha value is -1.39. The number of amides is 1. The lowest BCUT2D eigenvalue weighted by Gasteiger charge is -2.35. The van der Waals surface area contributed by atoms with Gasteiger partial charge >= 0.3 is 0 Å². The highest BCUT2D eigenvalue weighted by Gasteiger charge is 2.26. The van der Waals surface area contributed by atoms with Gasteiger partial charge in [-0.25, -0.2) is 0 Å². The molecular weight excluding hydrogens is 290 g/mol. The Morgan fingerprint density at radius 2 is 1.96 bits per heavy atom. The predicted octanol–water partition coefficient (Wildman–Crippen LogP) is 2.77. The fourth-order valence-corrected chi connectivity index (χ4v) is 3.15. The molecule has 0 saturated carbocycles. The van der Waals surface area contributed by atoms with E-state index in [2.05, 4.69) is 0 Å². The largest absolute Gasteiger partial charge is 0.396 e. The van der Waals surface area contributed by atoms with Crippen LogP contribution in [0.5, 0.6) is 0 Å². The lowest BCUT2D eigenvalue weighted by Crippen LogP contribution is -2.44. The number of rotatable bonds is 6. The zero-order valence-electron chi connectivity index (χ0n) is 14.3. The van der Waals surface area contributed by atoms with Gasteiger partial charge in [-0.15, -0.1) is 0 Å². The molecule has 1 atom stereocenters. The first kappa shape index (κ1) is 18.0. The van der Waals surface area contributed by atoms with E-state index >= 15 is 0 Å². The molecule has 0 radical (unpaired) electrons. The highest BCUT2D eigenvalue weighted by atomic mass is 16.3. The number of carbonyl (C=O) groups is 1. The van der Waals surface area contributed by atoms with Crippen molar-refractivity contribution in [3.05, 3.63) is 35.4 Å². The summed E-state index contributed by atoms with van der Waals surface area (Å²) in [6.45, 7) is 4.53. The summed E-state index contributed by atoms with van der Waals surface area (Å²) < 4.78 is 0. The minimum Gasteiger partial charge on any atom is -0.396 e. The molecule has 1 aromatic rings. The van der Waals surface area contributed by atoms with E-state index in [0.717, 1.165) is 37.8 Å². The molecule has 0 bridgehead atoms. The second-order valence-corrected chi connectivity index (χ2v) is 7.17. The van der Waals surface area contributed by atoms with Crippen LogP contribution in [0.3, 0.4) is 0 Å². The van der Waals surface area contributed by atoms with Crippen LogP contribution in [0.4, 0.5) is 0 Å². The van der Waals surface area contributed by atoms with Crippen LogP contribution in [-0.2, 0) is 6.42 Å². The topological polar surface area (TPSA) is 60.8 Å². The summed E-state index contributed by atoms with van der Waals surface area (Å²) >= 11 is 0. The van der Waals surface area contributed by atoms with Crippen molar-refractivity contribution in [2.75, 3.05) is 13.2 Å². The SMILES string of the molecule is CC(C)(O)CCc1ccc(C(=O)N2CCCCC2CCO)cc1. The first-order chi connectivity index (χ1) is 10.9. The zero-order chi connectivity index (χ0) is 16.9. The van der Waals surface area contributed by atoms with Crippen LogP contribution in [0.15, 0.2) is 24.3 Å². The first-order valence-corrected chi connectivity index (χ1v) is 8.64. The maximum atomic E-state index is 12.7. The molecule has 4 nitrogen and oxygen atoms in total. The molecule has 1 aliphatic rings. The van der Waals surface area contributed by atoms with E-state index in [1.54, 1.807) is 0 Å². The third kappa shape index (κ3) is 5.33. The van der Waals surface area contributed by atoms with Crippen LogP contribution in [0.2, 0.25) is 0 Å². The third-order valence-corrected chi connectivity index (χ3v) is 4.58. The second kappa shape index (κ2) is 7.93. The molecule has 4 heteroatoms. The van der Waals surface area contributed by atoms with E-state index in [9.17, 15) is 15.0 Å². The number of hydrogen-bond acceptors (Lipinski definition) is 3. The lowest BCUT2D eigenvalue weighted by molar-refractivity contribution is 0.0574. The molecule has 0 spiro atoms. The number of aryl methyl sites for hydroxylation is 1. The number of benzene rings is 1. The average Bonchev–Trinajstić information content (AvgIpc) is 2.53. The molecule has 1 aromatic carbocycles. The molecule has 23 heavy (non-hydrogen) atoms. The molecule has 0 aromatic heterocycles. The first-order valence-electron chi connectivity index (χ1n) is 8.64. The van der Waals surface area contributed by atoms with Gasteiger partial charge < -0.3 is 15.1 Å². The average molecular weight is 319 g/mol. The maximum absolute atomic E-state index is 12.7. The molecule has 0 aliphatic carbocycles. The highest BCUT2D eigenvalue weighted by molar-refractivity contribution is 5.94. The van der Waals surface area contributed by atoms with Crippen LogP contribution >= 0.6 is 0 Å². The molecule has 2 rings (SSSR count). The van der Waals surface area contributed by atoms with E-state index < -0.39 is 5.60 Å². The molecule has 1 saturated heterocycles. The highest BCUT2D eigenvalue weighted by Crippen LogP contribution is 2.22. The van der Waals surface area contributed by atoms with Gasteiger partial charge in [0.25, 0.3) is 5.91 Å². The van der Waals surface area contributed by atoms with E-state index in [0.29, 0.717) is 18.4 Å². The smallest absolute Gasteiger partial charge is 0.254 e. The summed E-state index contributed by atoms with van der Waals surface area (Å²) in [5.41, 5.74) is 1.18. The van der Waals surface area contributed by atoms with Crippen molar-refractivity contribution in [2.45, 2.75) is 64.0 Å². The van der Waals surface area contributed by atoms with Crippen molar-refractivity contribution in [2.24, 2.45) is 0 Å². The van der Waals surface area contributed by atoms with Crippen LogP contribution < -0.4 is 0 Å². The van der Waals surface area contributed by atoms with Crippen molar-refractivity contribution >= 4 is 5.91 Å². The minimum absolute atomic E-state index is 0.0668. The molecular formula is C19H29NO3. The summed E-state index contributed by atoms with van der Waals surface area (Å²) in [7, 11) is 0. The molecule has 128 valence electrons. The number of aliphatic hydroxyl groups excluding tert-OH is 1. The predicted molar refractivity (Wildman–Crippen MR) is 91.4 cm³/mol. The van der Waals surface area contributed by atoms with E-state index in [-0.39, 0.29) is 18.6 Å². The number of nitrogens with zero attached hydrogens (tertiary/aromatic N) is 1. The third-order valence-electron chi connectivity index (χ3n) is 4.58. The van der Waals surface area contributed by atoms with Crippen LogP contribution in [0.25, 0.3) is 0 Å². The second-order valence-electron chi connectivity index (χ2n) is 7.17. The molecule has 2 N–H and O–H groups in total. The lowest BCUT2D eigenvalue weighted by atomic mass is 9.96. The zero-order valence-corrected chi connectivity index (χ0v) is 14.3.